The third-order valence-corrected chi connectivity index (χ3v) is 14.3. The van der Waals surface area contributed by atoms with E-state index < -0.39 is 0 Å². The Labute approximate surface area is 360 Å². The minimum atomic E-state index is 0.0899. The summed E-state index contributed by atoms with van der Waals surface area (Å²) in [6, 6.07) is 62.1. The molecule has 4 aliphatic rings. The first-order valence-corrected chi connectivity index (χ1v) is 22.1. The lowest BCUT2D eigenvalue weighted by Crippen LogP contribution is -2.23. The van der Waals surface area contributed by atoms with Crippen molar-refractivity contribution in [2.75, 3.05) is 4.90 Å². The van der Waals surface area contributed by atoms with Crippen LogP contribution in [-0.2, 0) is 0 Å². The van der Waals surface area contributed by atoms with E-state index in [2.05, 4.69) is 223 Å². The van der Waals surface area contributed by atoms with Crippen LogP contribution in [0.2, 0.25) is 0 Å². The van der Waals surface area contributed by atoms with E-state index in [4.69, 9.17) is 4.42 Å². The lowest BCUT2D eigenvalue weighted by Gasteiger charge is -2.38. The van der Waals surface area contributed by atoms with E-state index in [1.165, 1.54) is 55.2 Å². The van der Waals surface area contributed by atoms with E-state index in [-0.39, 0.29) is 23.0 Å². The van der Waals surface area contributed by atoms with Crippen LogP contribution >= 0.6 is 11.8 Å². The van der Waals surface area contributed by atoms with Crippen LogP contribution < -0.4 is 4.90 Å². The van der Waals surface area contributed by atoms with Gasteiger partial charge in [0.1, 0.15) is 11.2 Å². The quantitative estimate of drug-likeness (QED) is 0.160. The highest BCUT2D eigenvalue weighted by Gasteiger charge is 2.38. The number of fused-ring (bicyclic) bond motifs is 7. The number of nitrogens with zero attached hydrogens (tertiary/aromatic N) is 1. The van der Waals surface area contributed by atoms with Crippen molar-refractivity contribution in [2.45, 2.75) is 22.0 Å². The van der Waals surface area contributed by atoms with Gasteiger partial charge in [-0.1, -0.05) is 182 Å². The third-order valence-electron chi connectivity index (χ3n) is 12.9. The van der Waals surface area contributed by atoms with Crippen molar-refractivity contribution in [3.63, 3.8) is 0 Å². The molecule has 12 rings (SSSR count). The Morgan fingerprint density at radius 2 is 1.10 bits per heavy atom. The highest BCUT2D eigenvalue weighted by atomic mass is 32.2. The monoisotopic (exact) mass is 799 g/mol. The smallest absolute Gasteiger partial charge is 0.135 e. The van der Waals surface area contributed by atoms with Crippen molar-refractivity contribution in [1.29, 1.82) is 0 Å². The second kappa shape index (κ2) is 14.9. The third kappa shape index (κ3) is 6.03. The van der Waals surface area contributed by atoms with Gasteiger partial charge in [-0.3, -0.25) is 0 Å². The number of furan rings is 1. The Morgan fingerprint density at radius 1 is 0.459 bits per heavy atom. The zero-order chi connectivity index (χ0) is 40.3. The molecular weight excluding hydrogens is 759 g/mol. The molecule has 0 saturated carbocycles. The van der Waals surface area contributed by atoms with Gasteiger partial charge in [-0.25, -0.2) is 0 Å². The summed E-state index contributed by atoms with van der Waals surface area (Å²) in [5, 5.41) is 2.52. The van der Waals surface area contributed by atoms with Gasteiger partial charge < -0.3 is 9.32 Å². The number of benzene rings is 7. The van der Waals surface area contributed by atoms with Crippen LogP contribution in [0.15, 0.2) is 239 Å². The number of hydrogen-bond acceptors (Lipinski definition) is 3. The van der Waals surface area contributed by atoms with Gasteiger partial charge in [0.05, 0.1) is 11.4 Å². The highest BCUT2D eigenvalue weighted by Crippen LogP contribution is 2.56. The molecule has 1 aromatic heterocycles. The summed E-state index contributed by atoms with van der Waals surface area (Å²) in [5.41, 5.74) is 16.9. The van der Waals surface area contributed by atoms with E-state index >= 15 is 0 Å². The molecule has 3 heteroatoms. The van der Waals surface area contributed by atoms with Crippen LogP contribution in [0.3, 0.4) is 0 Å². The van der Waals surface area contributed by atoms with E-state index in [9.17, 15) is 0 Å². The SMILES string of the molecule is C1=CC2=CC=CC(c3ccccc3N(c3ccccc3-c3ccc4oc5ccccc5c4c3)c3ccccc3C3C=CC=C4c5ccccc5SC43)C2C(c2ccccc2)=C1. The van der Waals surface area contributed by atoms with E-state index in [0.29, 0.717) is 0 Å². The average Bonchev–Trinajstić information content (AvgIpc) is 3.90. The Kier molecular flexibility index (Phi) is 8.74. The summed E-state index contributed by atoms with van der Waals surface area (Å²) < 4.78 is 6.32. The molecule has 0 N–H and O–H groups in total. The Hall–Kier alpha value is -7.07. The number of anilines is 3. The van der Waals surface area contributed by atoms with E-state index in [1.807, 2.05) is 17.8 Å². The Morgan fingerprint density at radius 3 is 1.95 bits per heavy atom. The molecule has 2 heterocycles. The number of para-hydroxylation sites is 4. The zero-order valence-electron chi connectivity index (χ0n) is 33.4. The summed E-state index contributed by atoms with van der Waals surface area (Å²) in [6.45, 7) is 0. The van der Waals surface area contributed by atoms with Crippen molar-refractivity contribution >= 4 is 61.9 Å². The minimum Gasteiger partial charge on any atom is -0.456 e. The van der Waals surface area contributed by atoms with Crippen LogP contribution in [-0.4, -0.2) is 5.25 Å². The van der Waals surface area contributed by atoms with Crippen molar-refractivity contribution in [3.8, 4) is 11.1 Å². The topological polar surface area (TPSA) is 16.4 Å². The molecule has 0 bridgehead atoms. The van der Waals surface area contributed by atoms with Crippen LogP contribution in [0.25, 0.3) is 44.2 Å². The molecule has 290 valence electrons. The number of rotatable bonds is 7. The average molecular weight is 800 g/mol. The predicted molar refractivity (Wildman–Crippen MR) is 257 cm³/mol. The van der Waals surface area contributed by atoms with Gasteiger partial charge in [0, 0.05) is 49.9 Å². The zero-order valence-corrected chi connectivity index (χ0v) is 34.3. The summed E-state index contributed by atoms with van der Waals surface area (Å²) in [4.78, 5) is 3.93. The van der Waals surface area contributed by atoms with Gasteiger partial charge in [0.15, 0.2) is 0 Å². The second-order valence-corrected chi connectivity index (χ2v) is 17.4. The van der Waals surface area contributed by atoms with Crippen LogP contribution in [0.1, 0.15) is 34.1 Å². The number of allylic oxidation sites excluding steroid dienone is 11. The summed E-state index contributed by atoms with van der Waals surface area (Å²) in [7, 11) is 0. The molecule has 7 aromatic carbocycles. The molecule has 1 aliphatic heterocycles. The molecule has 4 atom stereocenters. The van der Waals surface area contributed by atoms with Crippen molar-refractivity contribution in [2.24, 2.45) is 5.92 Å². The fourth-order valence-corrected chi connectivity index (χ4v) is 11.7. The van der Waals surface area contributed by atoms with Crippen molar-refractivity contribution < 1.29 is 4.42 Å². The first kappa shape index (κ1) is 35.8. The van der Waals surface area contributed by atoms with E-state index in [1.54, 1.807) is 0 Å². The lowest BCUT2D eigenvalue weighted by molar-refractivity contribution is 0.669. The maximum Gasteiger partial charge on any atom is 0.135 e. The number of thioether (sulfide) groups is 1. The fourth-order valence-electron chi connectivity index (χ4n) is 10.2. The Bertz CT molecular complexity index is 3210. The van der Waals surface area contributed by atoms with Crippen molar-refractivity contribution in [1.82, 2.24) is 0 Å². The van der Waals surface area contributed by atoms with Gasteiger partial charge in [0.25, 0.3) is 0 Å². The van der Waals surface area contributed by atoms with Crippen LogP contribution in [0.4, 0.5) is 17.1 Å². The van der Waals surface area contributed by atoms with E-state index in [0.717, 1.165) is 38.8 Å². The van der Waals surface area contributed by atoms with Crippen LogP contribution in [0, 0.1) is 5.92 Å². The number of hydrogen-bond donors (Lipinski definition) is 0. The van der Waals surface area contributed by atoms with Gasteiger partial charge in [-0.2, -0.15) is 0 Å². The maximum atomic E-state index is 6.32. The second-order valence-electron chi connectivity index (χ2n) is 16.2. The molecule has 61 heavy (non-hydrogen) atoms. The summed E-state index contributed by atoms with van der Waals surface area (Å²) in [6.07, 6.45) is 20.8. The summed E-state index contributed by atoms with van der Waals surface area (Å²) in [5.74, 6) is 0.404. The summed E-state index contributed by atoms with van der Waals surface area (Å²) >= 11 is 2.00. The Balaban J connectivity index is 1.07. The van der Waals surface area contributed by atoms with Gasteiger partial charge >= 0.3 is 0 Å². The molecular formula is C58H41NOS. The van der Waals surface area contributed by atoms with Gasteiger partial charge in [-0.15, -0.1) is 11.8 Å². The molecule has 8 aromatic rings. The lowest BCUT2D eigenvalue weighted by atomic mass is 9.70. The highest BCUT2D eigenvalue weighted by molar-refractivity contribution is 8.01. The molecule has 4 unspecified atom stereocenters. The van der Waals surface area contributed by atoms with Gasteiger partial charge in [0.2, 0.25) is 0 Å². The molecule has 0 spiro atoms. The van der Waals surface area contributed by atoms with Crippen LogP contribution in [0.5, 0.6) is 0 Å². The molecule has 2 nitrogen and oxygen atoms in total. The standard InChI is InChI=1S/C58H41NOS/c1-2-17-38(18-3-1)42-26-14-19-39-20-15-27-47(57(39)42)43-22-5-10-31-52(43)59(51-30-9-4-21-41(51)40-35-36-55-50(37-40)45-24-7-12-33-54(45)60-55)53-32-11-6-23-44(53)48-28-16-29-49-46-25-8-13-34-56(46)61-58(48)49/h1-37,47-48,57-58H. The molecule has 0 saturated heterocycles. The first-order chi connectivity index (χ1) is 30.3. The maximum absolute atomic E-state index is 6.32. The molecule has 0 amide bonds. The van der Waals surface area contributed by atoms with Crippen molar-refractivity contribution in [3.05, 3.63) is 252 Å². The molecule has 3 aliphatic carbocycles. The minimum absolute atomic E-state index is 0.0899. The first-order valence-electron chi connectivity index (χ1n) is 21.2. The molecule has 0 radical (unpaired) electrons. The largest absolute Gasteiger partial charge is 0.456 e. The fraction of sp³-hybridized carbons (Fsp3) is 0.0690. The molecule has 0 fully saturated rings. The normalized spacial score (nSPS) is 19.8. The van der Waals surface area contributed by atoms with Gasteiger partial charge in [-0.05, 0) is 87.0 Å². The predicted octanol–water partition coefficient (Wildman–Crippen LogP) is 15.8.